The summed E-state index contributed by atoms with van der Waals surface area (Å²) in [5, 5.41) is 0. The van der Waals surface area contributed by atoms with E-state index in [-0.39, 0.29) is 17.6 Å². The third kappa shape index (κ3) is 4.14. The zero-order valence-corrected chi connectivity index (χ0v) is 16.8. The van der Waals surface area contributed by atoms with E-state index in [0.29, 0.717) is 43.5 Å². The summed E-state index contributed by atoms with van der Waals surface area (Å²) in [7, 11) is 0. The number of piperazine rings is 1. The molecule has 0 radical (unpaired) electrons. The fourth-order valence-corrected chi connectivity index (χ4v) is 4.81. The molecule has 0 saturated carbocycles. The Bertz CT molecular complexity index is 912. The van der Waals surface area contributed by atoms with E-state index in [9.17, 15) is 22.8 Å². The van der Waals surface area contributed by atoms with Crippen LogP contribution in [0.25, 0.3) is 0 Å². The lowest BCUT2D eigenvalue weighted by Gasteiger charge is -2.38. The SMILES string of the molecule is O=C(C1CSCN1C(=O)c1ccco1)N1CCN(c2cccc(C(F)(F)F)c2)CC1. The second-order valence-electron chi connectivity index (χ2n) is 7.13. The number of hydrogen-bond donors (Lipinski definition) is 0. The molecule has 2 aliphatic rings. The summed E-state index contributed by atoms with van der Waals surface area (Å²) in [6.07, 6.45) is -2.97. The molecule has 2 fully saturated rings. The van der Waals surface area contributed by atoms with Gasteiger partial charge in [-0.15, -0.1) is 11.8 Å². The van der Waals surface area contributed by atoms with Gasteiger partial charge in [0, 0.05) is 37.6 Å². The third-order valence-electron chi connectivity index (χ3n) is 5.29. The average Bonchev–Trinajstić information content (AvgIpc) is 3.44. The number of carbonyl (C=O) groups excluding carboxylic acids is 2. The largest absolute Gasteiger partial charge is 0.459 e. The van der Waals surface area contributed by atoms with Crippen molar-refractivity contribution in [1.82, 2.24) is 9.80 Å². The van der Waals surface area contributed by atoms with E-state index in [1.807, 2.05) is 4.90 Å². The lowest BCUT2D eigenvalue weighted by molar-refractivity contribution is -0.137. The number of alkyl halides is 3. The Morgan fingerprint density at radius 2 is 1.83 bits per heavy atom. The van der Waals surface area contributed by atoms with Crippen LogP contribution >= 0.6 is 11.8 Å². The van der Waals surface area contributed by atoms with Crippen molar-refractivity contribution < 1.29 is 27.2 Å². The molecule has 6 nitrogen and oxygen atoms in total. The van der Waals surface area contributed by atoms with Gasteiger partial charge in [0.15, 0.2) is 5.76 Å². The van der Waals surface area contributed by atoms with Crippen LogP contribution in [0.15, 0.2) is 47.1 Å². The number of carbonyl (C=O) groups is 2. The molecule has 10 heteroatoms. The summed E-state index contributed by atoms with van der Waals surface area (Å²) in [4.78, 5) is 30.7. The molecule has 30 heavy (non-hydrogen) atoms. The lowest BCUT2D eigenvalue weighted by atomic mass is 10.1. The molecular formula is C20H20F3N3O3S. The van der Waals surface area contributed by atoms with Crippen LogP contribution in [0, 0.1) is 0 Å². The summed E-state index contributed by atoms with van der Waals surface area (Å²) in [6, 6.07) is 7.85. The molecule has 1 aromatic heterocycles. The minimum atomic E-state index is -4.39. The van der Waals surface area contributed by atoms with Crippen molar-refractivity contribution in [2.24, 2.45) is 0 Å². The van der Waals surface area contributed by atoms with Gasteiger partial charge in [0.05, 0.1) is 17.7 Å². The number of nitrogens with zero attached hydrogens (tertiary/aromatic N) is 3. The number of furan rings is 1. The number of halogens is 3. The highest BCUT2D eigenvalue weighted by atomic mass is 32.2. The number of benzene rings is 1. The molecule has 2 saturated heterocycles. The second kappa shape index (κ2) is 8.25. The predicted molar refractivity (Wildman–Crippen MR) is 106 cm³/mol. The Labute approximate surface area is 175 Å². The highest BCUT2D eigenvalue weighted by Crippen LogP contribution is 2.32. The third-order valence-corrected chi connectivity index (χ3v) is 6.30. The maximum absolute atomic E-state index is 13.0. The van der Waals surface area contributed by atoms with Crippen LogP contribution in [0.3, 0.4) is 0 Å². The van der Waals surface area contributed by atoms with E-state index in [4.69, 9.17) is 4.42 Å². The molecule has 0 bridgehead atoms. The van der Waals surface area contributed by atoms with Crippen molar-refractivity contribution in [1.29, 1.82) is 0 Å². The van der Waals surface area contributed by atoms with Crippen LogP contribution in [0.5, 0.6) is 0 Å². The Morgan fingerprint density at radius 1 is 1.07 bits per heavy atom. The summed E-state index contributed by atoms with van der Waals surface area (Å²) >= 11 is 1.51. The Hall–Kier alpha value is -2.62. The van der Waals surface area contributed by atoms with Crippen LogP contribution in [-0.4, -0.2) is 65.5 Å². The van der Waals surface area contributed by atoms with Gasteiger partial charge >= 0.3 is 6.18 Å². The number of rotatable bonds is 3. The van der Waals surface area contributed by atoms with Crippen molar-refractivity contribution in [2.75, 3.05) is 42.7 Å². The van der Waals surface area contributed by atoms with Crippen molar-refractivity contribution in [3.8, 4) is 0 Å². The fourth-order valence-electron chi connectivity index (χ4n) is 3.66. The molecule has 1 atom stereocenters. The smallest absolute Gasteiger partial charge is 0.416 e. The van der Waals surface area contributed by atoms with Gasteiger partial charge in [-0.1, -0.05) is 6.07 Å². The minimum absolute atomic E-state index is 0.136. The van der Waals surface area contributed by atoms with Crippen LogP contribution in [0.2, 0.25) is 0 Å². The van der Waals surface area contributed by atoms with Crippen LogP contribution in [0.1, 0.15) is 16.1 Å². The van der Waals surface area contributed by atoms with Crippen LogP contribution < -0.4 is 4.90 Å². The highest BCUT2D eigenvalue weighted by Gasteiger charge is 2.39. The number of anilines is 1. The first-order valence-corrected chi connectivity index (χ1v) is 10.6. The van der Waals surface area contributed by atoms with Crippen molar-refractivity contribution in [2.45, 2.75) is 12.2 Å². The molecule has 1 aromatic carbocycles. The number of hydrogen-bond acceptors (Lipinski definition) is 5. The van der Waals surface area contributed by atoms with E-state index in [1.165, 1.54) is 29.0 Å². The Balaban J connectivity index is 1.39. The Morgan fingerprint density at radius 3 is 2.50 bits per heavy atom. The standard InChI is InChI=1S/C20H20F3N3O3S/c21-20(22,23)14-3-1-4-15(11-14)24-6-8-25(9-7-24)18(27)16-12-30-13-26(16)19(28)17-5-2-10-29-17/h1-5,10-11,16H,6-9,12-13H2. The van der Waals surface area contributed by atoms with Crippen LogP contribution in [0.4, 0.5) is 18.9 Å². The van der Waals surface area contributed by atoms with Crippen molar-refractivity contribution >= 4 is 29.3 Å². The van der Waals surface area contributed by atoms with Gasteiger partial charge in [-0.3, -0.25) is 9.59 Å². The Kier molecular flexibility index (Phi) is 5.68. The quantitative estimate of drug-likeness (QED) is 0.736. The highest BCUT2D eigenvalue weighted by molar-refractivity contribution is 7.99. The zero-order chi connectivity index (χ0) is 21.3. The second-order valence-corrected chi connectivity index (χ2v) is 8.13. The van der Waals surface area contributed by atoms with Crippen molar-refractivity contribution in [3.05, 3.63) is 54.0 Å². The van der Waals surface area contributed by atoms with Gasteiger partial charge in [0.2, 0.25) is 5.91 Å². The molecule has 0 aliphatic carbocycles. The first kappa shape index (κ1) is 20.6. The van der Waals surface area contributed by atoms with Crippen molar-refractivity contribution in [3.63, 3.8) is 0 Å². The van der Waals surface area contributed by atoms with E-state index >= 15 is 0 Å². The van der Waals surface area contributed by atoms with E-state index in [1.54, 1.807) is 23.1 Å². The predicted octanol–water partition coefficient (Wildman–Crippen LogP) is 3.16. The fraction of sp³-hybridized carbons (Fsp3) is 0.400. The first-order chi connectivity index (χ1) is 14.3. The van der Waals surface area contributed by atoms with E-state index in [2.05, 4.69) is 0 Å². The molecule has 0 spiro atoms. The van der Waals surface area contributed by atoms with Gasteiger partial charge in [0.1, 0.15) is 6.04 Å². The molecule has 2 aliphatic heterocycles. The molecule has 0 N–H and O–H groups in total. The zero-order valence-electron chi connectivity index (χ0n) is 16.0. The molecule has 2 aromatic rings. The lowest BCUT2D eigenvalue weighted by Crippen LogP contribution is -2.55. The van der Waals surface area contributed by atoms with Gasteiger partial charge in [-0.05, 0) is 30.3 Å². The van der Waals surface area contributed by atoms with Gasteiger partial charge in [0.25, 0.3) is 5.91 Å². The summed E-state index contributed by atoms with van der Waals surface area (Å²) in [5.74, 6) is 0.679. The van der Waals surface area contributed by atoms with E-state index in [0.717, 1.165) is 12.1 Å². The molecule has 3 heterocycles. The van der Waals surface area contributed by atoms with Gasteiger partial charge < -0.3 is 19.1 Å². The molecule has 1 unspecified atom stereocenters. The monoisotopic (exact) mass is 439 g/mol. The molecule has 4 rings (SSSR count). The normalized spacial score (nSPS) is 20.0. The molecular weight excluding hydrogens is 419 g/mol. The topological polar surface area (TPSA) is 57.0 Å². The minimum Gasteiger partial charge on any atom is -0.459 e. The molecule has 2 amide bonds. The van der Waals surface area contributed by atoms with Crippen LogP contribution in [-0.2, 0) is 11.0 Å². The maximum Gasteiger partial charge on any atom is 0.416 e. The first-order valence-electron chi connectivity index (χ1n) is 9.48. The van der Waals surface area contributed by atoms with Gasteiger partial charge in [-0.2, -0.15) is 13.2 Å². The van der Waals surface area contributed by atoms with E-state index < -0.39 is 17.8 Å². The average molecular weight is 439 g/mol. The summed E-state index contributed by atoms with van der Waals surface area (Å²) in [5.41, 5.74) is -0.198. The summed E-state index contributed by atoms with van der Waals surface area (Å²) in [6.45, 7) is 1.64. The number of amides is 2. The summed E-state index contributed by atoms with van der Waals surface area (Å²) < 4.78 is 44.1. The maximum atomic E-state index is 13.0. The number of thioether (sulfide) groups is 1. The molecule has 160 valence electrons. The van der Waals surface area contributed by atoms with Gasteiger partial charge in [-0.25, -0.2) is 0 Å².